The first-order chi connectivity index (χ1) is 13.8. The summed E-state index contributed by atoms with van der Waals surface area (Å²) in [6, 6.07) is 12.7. The minimum Gasteiger partial charge on any atom is -0.350 e. The van der Waals surface area contributed by atoms with Gasteiger partial charge in [0.05, 0.1) is 0 Å². The topological polar surface area (TPSA) is 61.4 Å². The van der Waals surface area contributed by atoms with Gasteiger partial charge in [-0.2, -0.15) is 0 Å². The Morgan fingerprint density at radius 3 is 2.34 bits per heavy atom. The normalized spacial score (nSPS) is 12.1. The Balaban J connectivity index is 1.98. The lowest BCUT2D eigenvalue weighted by Gasteiger charge is -2.22. The van der Waals surface area contributed by atoms with E-state index in [1.807, 2.05) is 26.0 Å². The number of benzene rings is 2. The lowest BCUT2D eigenvalue weighted by atomic mass is 10.0. The average molecular weight is 400 g/mol. The molecular formula is C23H30FN3O2. The fraction of sp³-hybridized carbons (Fsp3) is 0.391. The zero-order chi connectivity index (χ0) is 21.4. The third kappa shape index (κ3) is 6.98. The van der Waals surface area contributed by atoms with Gasteiger partial charge >= 0.3 is 0 Å². The Labute approximate surface area is 172 Å². The average Bonchev–Trinajstić information content (AvgIpc) is 2.70. The van der Waals surface area contributed by atoms with E-state index in [1.54, 1.807) is 0 Å². The van der Waals surface area contributed by atoms with Crippen LogP contribution in [-0.4, -0.2) is 36.3 Å². The highest BCUT2D eigenvalue weighted by molar-refractivity contribution is 5.97. The van der Waals surface area contributed by atoms with E-state index in [0.29, 0.717) is 12.1 Å². The van der Waals surface area contributed by atoms with Gasteiger partial charge in [-0.25, -0.2) is 4.39 Å². The van der Waals surface area contributed by atoms with Crippen molar-refractivity contribution in [1.29, 1.82) is 0 Å². The van der Waals surface area contributed by atoms with Crippen LogP contribution in [0.3, 0.4) is 0 Å². The zero-order valence-electron chi connectivity index (χ0n) is 17.5. The molecule has 0 bridgehead atoms. The van der Waals surface area contributed by atoms with Crippen molar-refractivity contribution >= 4 is 11.8 Å². The van der Waals surface area contributed by atoms with E-state index < -0.39 is 17.8 Å². The Morgan fingerprint density at radius 2 is 1.72 bits per heavy atom. The van der Waals surface area contributed by atoms with E-state index >= 15 is 0 Å². The quantitative estimate of drug-likeness (QED) is 0.680. The third-order valence-corrected chi connectivity index (χ3v) is 4.79. The van der Waals surface area contributed by atoms with Gasteiger partial charge in [0.25, 0.3) is 5.91 Å². The molecular weight excluding hydrogens is 369 g/mol. The van der Waals surface area contributed by atoms with E-state index in [2.05, 4.69) is 41.6 Å². The molecule has 156 valence electrons. The van der Waals surface area contributed by atoms with Gasteiger partial charge in [0.15, 0.2) is 0 Å². The molecule has 2 aromatic rings. The van der Waals surface area contributed by atoms with E-state index in [-0.39, 0.29) is 11.8 Å². The fourth-order valence-electron chi connectivity index (χ4n) is 2.92. The van der Waals surface area contributed by atoms with Crippen LogP contribution in [0.25, 0.3) is 0 Å². The highest BCUT2D eigenvalue weighted by Crippen LogP contribution is 2.10. The number of halogens is 1. The smallest absolute Gasteiger partial charge is 0.251 e. The molecule has 0 aliphatic rings. The van der Waals surface area contributed by atoms with Gasteiger partial charge < -0.3 is 15.5 Å². The summed E-state index contributed by atoms with van der Waals surface area (Å²) in [5, 5.41) is 5.67. The molecule has 0 unspecified atom stereocenters. The van der Waals surface area contributed by atoms with Crippen molar-refractivity contribution in [2.45, 2.75) is 39.9 Å². The molecule has 2 N–H and O–H groups in total. The molecule has 2 amide bonds. The predicted octanol–water partition coefficient (Wildman–Crippen LogP) is 3.35. The number of hydrogen-bond donors (Lipinski definition) is 2. The maximum Gasteiger partial charge on any atom is 0.251 e. The van der Waals surface area contributed by atoms with Gasteiger partial charge in [0.2, 0.25) is 5.91 Å². The molecule has 0 aromatic heterocycles. The first-order valence-corrected chi connectivity index (χ1v) is 9.90. The molecule has 0 radical (unpaired) electrons. The highest BCUT2D eigenvalue weighted by atomic mass is 19.1. The van der Waals surface area contributed by atoms with Gasteiger partial charge in [-0.15, -0.1) is 0 Å². The maximum atomic E-state index is 13.1. The summed E-state index contributed by atoms with van der Waals surface area (Å²) in [5.41, 5.74) is 2.51. The Morgan fingerprint density at radius 1 is 1.07 bits per heavy atom. The molecule has 0 saturated carbocycles. The number of rotatable bonds is 9. The monoisotopic (exact) mass is 399 g/mol. The Kier molecular flexibility index (Phi) is 8.34. The van der Waals surface area contributed by atoms with Crippen molar-refractivity contribution < 1.29 is 14.0 Å². The number of carbonyl (C=O) groups excluding carboxylic acids is 2. The lowest BCUT2D eigenvalue weighted by Crippen LogP contribution is -2.49. The zero-order valence-corrected chi connectivity index (χ0v) is 17.5. The van der Waals surface area contributed by atoms with Crippen molar-refractivity contribution in [1.82, 2.24) is 15.5 Å². The molecule has 0 aliphatic heterocycles. The number of hydrogen-bond acceptors (Lipinski definition) is 3. The first kappa shape index (κ1) is 22.6. The first-order valence-electron chi connectivity index (χ1n) is 9.90. The number of nitrogens with one attached hydrogen (secondary N) is 2. The molecule has 0 saturated heterocycles. The van der Waals surface area contributed by atoms with Crippen molar-refractivity contribution in [2.24, 2.45) is 5.92 Å². The molecule has 2 rings (SSSR count). The summed E-state index contributed by atoms with van der Waals surface area (Å²) in [6.07, 6.45) is 0. The van der Waals surface area contributed by atoms with Crippen LogP contribution in [0.15, 0.2) is 48.5 Å². The van der Waals surface area contributed by atoms with Crippen LogP contribution in [0, 0.1) is 11.7 Å². The number of nitrogens with zero attached hydrogens (tertiary/aromatic N) is 1. The second kappa shape index (κ2) is 10.7. The van der Waals surface area contributed by atoms with Crippen LogP contribution in [0.5, 0.6) is 0 Å². The second-order valence-electron chi connectivity index (χ2n) is 7.57. The second-order valence-corrected chi connectivity index (χ2v) is 7.57. The van der Waals surface area contributed by atoms with Crippen molar-refractivity contribution in [2.75, 3.05) is 13.6 Å². The van der Waals surface area contributed by atoms with Gasteiger partial charge in [0.1, 0.15) is 11.9 Å². The van der Waals surface area contributed by atoms with Crippen LogP contribution in [0.4, 0.5) is 4.39 Å². The van der Waals surface area contributed by atoms with Crippen molar-refractivity contribution in [3.05, 3.63) is 71.0 Å². The molecule has 5 nitrogen and oxygen atoms in total. The Hall–Kier alpha value is -2.73. The van der Waals surface area contributed by atoms with E-state index in [1.165, 1.54) is 29.8 Å². The largest absolute Gasteiger partial charge is 0.350 e. The van der Waals surface area contributed by atoms with E-state index in [4.69, 9.17) is 0 Å². The van der Waals surface area contributed by atoms with Crippen LogP contribution in [0.2, 0.25) is 0 Å². The molecule has 29 heavy (non-hydrogen) atoms. The minimum atomic E-state index is -0.679. The summed E-state index contributed by atoms with van der Waals surface area (Å²) in [7, 11) is 2.06. The third-order valence-electron chi connectivity index (χ3n) is 4.79. The van der Waals surface area contributed by atoms with Crippen LogP contribution < -0.4 is 10.6 Å². The van der Waals surface area contributed by atoms with E-state index in [9.17, 15) is 14.0 Å². The maximum absolute atomic E-state index is 13.1. The summed E-state index contributed by atoms with van der Waals surface area (Å²) in [5.74, 6) is -1.15. The van der Waals surface area contributed by atoms with Gasteiger partial charge in [0, 0.05) is 18.7 Å². The van der Waals surface area contributed by atoms with Crippen molar-refractivity contribution in [3.63, 3.8) is 0 Å². The molecule has 1 atom stereocenters. The summed E-state index contributed by atoms with van der Waals surface area (Å²) in [6.45, 7) is 8.05. The Bertz CT molecular complexity index is 821. The lowest BCUT2D eigenvalue weighted by molar-refractivity contribution is -0.124. The van der Waals surface area contributed by atoms with Gasteiger partial charge in [-0.3, -0.25) is 9.59 Å². The predicted molar refractivity (Wildman–Crippen MR) is 113 cm³/mol. The standard InChI is InChI=1S/C23H30FN3O2/c1-5-27(4)15-18-8-6-7-17(13-18)14-25-23(29)21(16(2)3)26-22(28)19-9-11-20(24)12-10-19/h6-13,16,21H,5,14-15H2,1-4H3,(H,25,29)(H,26,28)/t21-/m0/s1. The molecule has 0 spiro atoms. The van der Waals surface area contributed by atoms with Crippen LogP contribution in [0.1, 0.15) is 42.3 Å². The van der Waals surface area contributed by atoms with E-state index in [0.717, 1.165) is 18.7 Å². The molecule has 6 heteroatoms. The van der Waals surface area contributed by atoms with Crippen LogP contribution in [-0.2, 0) is 17.9 Å². The van der Waals surface area contributed by atoms with Crippen LogP contribution >= 0.6 is 0 Å². The molecule has 0 heterocycles. The fourth-order valence-corrected chi connectivity index (χ4v) is 2.92. The number of amides is 2. The summed E-state index contributed by atoms with van der Waals surface area (Å²) >= 11 is 0. The molecule has 0 aliphatic carbocycles. The SMILES string of the molecule is CCN(C)Cc1cccc(CNC(=O)[C@@H](NC(=O)c2ccc(F)cc2)C(C)C)c1. The summed E-state index contributed by atoms with van der Waals surface area (Å²) < 4.78 is 13.1. The van der Waals surface area contributed by atoms with Gasteiger partial charge in [-0.05, 0) is 54.9 Å². The van der Waals surface area contributed by atoms with Crippen molar-refractivity contribution in [3.8, 4) is 0 Å². The molecule has 2 aromatic carbocycles. The van der Waals surface area contributed by atoms with Gasteiger partial charge in [-0.1, -0.05) is 45.0 Å². The summed E-state index contributed by atoms with van der Waals surface area (Å²) in [4.78, 5) is 27.3. The highest BCUT2D eigenvalue weighted by Gasteiger charge is 2.24. The number of carbonyl (C=O) groups is 2. The minimum absolute atomic E-state index is 0.0936. The molecule has 0 fully saturated rings.